The second kappa shape index (κ2) is 8.71. The molecule has 0 amide bonds. The second-order valence-electron chi connectivity index (χ2n) is 7.52. The van der Waals surface area contributed by atoms with E-state index in [1.807, 2.05) is 24.3 Å². The SMILES string of the molecule is CC(CCNS(=O)(=O)c1cccc(F)c1)N1CCN(c2noc3ccccc23)CC1. The lowest BCUT2D eigenvalue weighted by Crippen LogP contribution is -2.50. The Hall–Kier alpha value is -2.49. The molecule has 1 N–H and O–H groups in total. The molecular weight excluding hydrogens is 407 g/mol. The molecule has 3 aromatic rings. The van der Waals surface area contributed by atoms with Gasteiger partial charge in [-0.15, -0.1) is 0 Å². The van der Waals surface area contributed by atoms with Crippen molar-refractivity contribution in [3.05, 3.63) is 54.3 Å². The first kappa shape index (κ1) is 20.8. The van der Waals surface area contributed by atoms with Crippen LogP contribution in [0.15, 0.2) is 57.9 Å². The van der Waals surface area contributed by atoms with Gasteiger partial charge in [0.1, 0.15) is 5.82 Å². The fourth-order valence-electron chi connectivity index (χ4n) is 3.78. The van der Waals surface area contributed by atoms with Crippen molar-refractivity contribution >= 4 is 26.8 Å². The first-order valence-electron chi connectivity index (χ1n) is 10.0. The first-order valence-corrected chi connectivity index (χ1v) is 11.5. The van der Waals surface area contributed by atoms with Crippen LogP contribution in [0.1, 0.15) is 13.3 Å². The number of piperazine rings is 1. The Morgan fingerprint density at radius 1 is 1.13 bits per heavy atom. The van der Waals surface area contributed by atoms with Crippen molar-refractivity contribution in [2.24, 2.45) is 0 Å². The molecule has 1 saturated heterocycles. The van der Waals surface area contributed by atoms with Crippen molar-refractivity contribution in [1.82, 2.24) is 14.8 Å². The fourth-order valence-corrected chi connectivity index (χ4v) is 4.86. The van der Waals surface area contributed by atoms with E-state index in [4.69, 9.17) is 4.52 Å². The summed E-state index contributed by atoms with van der Waals surface area (Å²) in [7, 11) is -3.70. The zero-order valence-electron chi connectivity index (χ0n) is 16.8. The van der Waals surface area contributed by atoms with Gasteiger partial charge in [0, 0.05) is 38.8 Å². The summed E-state index contributed by atoms with van der Waals surface area (Å²) in [6, 6.07) is 13.1. The number of fused-ring (bicyclic) bond motifs is 1. The number of nitrogens with zero attached hydrogens (tertiary/aromatic N) is 3. The van der Waals surface area contributed by atoms with Gasteiger partial charge in [-0.1, -0.05) is 23.4 Å². The monoisotopic (exact) mass is 432 g/mol. The van der Waals surface area contributed by atoms with E-state index in [1.165, 1.54) is 18.2 Å². The zero-order chi connectivity index (χ0) is 21.1. The van der Waals surface area contributed by atoms with Crippen LogP contribution in [0, 0.1) is 5.82 Å². The maximum absolute atomic E-state index is 13.3. The molecular formula is C21H25FN4O3S. The van der Waals surface area contributed by atoms with Gasteiger partial charge in [-0.25, -0.2) is 17.5 Å². The van der Waals surface area contributed by atoms with Crippen LogP contribution in [0.4, 0.5) is 10.2 Å². The molecule has 1 atom stereocenters. The van der Waals surface area contributed by atoms with Gasteiger partial charge in [-0.05, 0) is 43.7 Å². The summed E-state index contributed by atoms with van der Waals surface area (Å²) in [4.78, 5) is 4.51. The van der Waals surface area contributed by atoms with E-state index < -0.39 is 15.8 Å². The minimum Gasteiger partial charge on any atom is -0.354 e. The maximum atomic E-state index is 13.3. The molecule has 1 aliphatic rings. The Bertz CT molecular complexity index is 1110. The third kappa shape index (κ3) is 4.48. The highest BCUT2D eigenvalue weighted by Gasteiger charge is 2.24. The number of nitrogens with one attached hydrogen (secondary N) is 1. The van der Waals surface area contributed by atoms with Gasteiger partial charge in [0.2, 0.25) is 10.0 Å². The van der Waals surface area contributed by atoms with Crippen molar-refractivity contribution < 1.29 is 17.3 Å². The van der Waals surface area contributed by atoms with Crippen molar-refractivity contribution in [3.8, 4) is 0 Å². The van der Waals surface area contributed by atoms with Gasteiger partial charge in [-0.2, -0.15) is 0 Å². The van der Waals surface area contributed by atoms with Crippen LogP contribution in [-0.2, 0) is 10.0 Å². The Morgan fingerprint density at radius 2 is 1.90 bits per heavy atom. The zero-order valence-corrected chi connectivity index (χ0v) is 17.6. The maximum Gasteiger partial charge on any atom is 0.240 e. The lowest BCUT2D eigenvalue weighted by Gasteiger charge is -2.38. The van der Waals surface area contributed by atoms with E-state index in [1.54, 1.807) is 0 Å². The summed E-state index contributed by atoms with van der Waals surface area (Å²) in [5.74, 6) is 0.310. The van der Waals surface area contributed by atoms with Crippen LogP contribution in [0.5, 0.6) is 0 Å². The number of hydrogen-bond donors (Lipinski definition) is 1. The van der Waals surface area contributed by atoms with E-state index in [0.29, 0.717) is 13.0 Å². The summed E-state index contributed by atoms with van der Waals surface area (Å²) in [6.45, 7) is 5.77. The molecule has 0 bridgehead atoms. The van der Waals surface area contributed by atoms with Gasteiger partial charge in [-0.3, -0.25) is 4.90 Å². The van der Waals surface area contributed by atoms with Gasteiger partial charge in [0.25, 0.3) is 0 Å². The van der Waals surface area contributed by atoms with Crippen molar-refractivity contribution in [2.45, 2.75) is 24.3 Å². The van der Waals surface area contributed by atoms with Crippen LogP contribution in [-0.4, -0.2) is 57.2 Å². The van der Waals surface area contributed by atoms with Crippen molar-refractivity contribution in [3.63, 3.8) is 0 Å². The molecule has 0 aliphatic carbocycles. The minimum atomic E-state index is -3.70. The van der Waals surface area contributed by atoms with Gasteiger partial charge in [0.15, 0.2) is 11.4 Å². The number of halogens is 1. The Morgan fingerprint density at radius 3 is 2.67 bits per heavy atom. The molecule has 1 fully saturated rings. The van der Waals surface area contributed by atoms with E-state index in [2.05, 4.69) is 26.6 Å². The minimum absolute atomic E-state index is 0.0522. The van der Waals surface area contributed by atoms with Crippen molar-refractivity contribution in [2.75, 3.05) is 37.6 Å². The predicted molar refractivity (Wildman–Crippen MR) is 113 cm³/mol. The standard InChI is InChI=1S/C21H25FN4O3S/c1-16(9-10-23-30(27,28)18-6-4-5-17(22)15-18)25-11-13-26(14-12-25)21-19-7-2-3-8-20(19)29-24-21/h2-8,15-16,23H,9-14H2,1H3. The van der Waals surface area contributed by atoms with Gasteiger partial charge in [0.05, 0.1) is 10.3 Å². The molecule has 1 aliphatic heterocycles. The molecule has 1 aromatic heterocycles. The van der Waals surface area contributed by atoms with E-state index >= 15 is 0 Å². The lowest BCUT2D eigenvalue weighted by atomic mass is 10.1. The van der Waals surface area contributed by atoms with Gasteiger partial charge >= 0.3 is 0 Å². The molecule has 0 spiro atoms. The molecule has 1 unspecified atom stereocenters. The molecule has 0 saturated carbocycles. The highest BCUT2D eigenvalue weighted by molar-refractivity contribution is 7.89. The third-order valence-electron chi connectivity index (χ3n) is 5.56. The Balaban J connectivity index is 1.28. The van der Waals surface area contributed by atoms with Crippen LogP contribution in [0.3, 0.4) is 0 Å². The van der Waals surface area contributed by atoms with Crippen molar-refractivity contribution in [1.29, 1.82) is 0 Å². The summed E-state index contributed by atoms with van der Waals surface area (Å²) in [5, 5.41) is 5.25. The van der Waals surface area contributed by atoms with Gasteiger partial charge < -0.3 is 9.42 Å². The summed E-state index contributed by atoms with van der Waals surface area (Å²) in [5.41, 5.74) is 0.786. The lowest BCUT2D eigenvalue weighted by molar-refractivity contribution is 0.189. The Kier molecular flexibility index (Phi) is 6.03. The van der Waals surface area contributed by atoms with Crippen LogP contribution >= 0.6 is 0 Å². The number of anilines is 1. The second-order valence-corrected chi connectivity index (χ2v) is 9.29. The number of para-hydroxylation sites is 1. The van der Waals surface area contributed by atoms with E-state index in [9.17, 15) is 12.8 Å². The molecule has 2 heterocycles. The fraction of sp³-hybridized carbons (Fsp3) is 0.381. The molecule has 0 radical (unpaired) electrons. The number of aromatic nitrogens is 1. The Labute approximate surface area is 175 Å². The predicted octanol–water partition coefficient (Wildman–Crippen LogP) is 2.85. The van der Waals surface area contributed by atoms with Crippen LogP contribution < -0.4 is 9.62 Å². The molecule has 7 nitrogen and oxygen atoms in total. The number of benzene rings is 2. The summed E-state index contributed by atoms with van der Waals surface area (Å²) >= 11 is 0. The molecule has 2 aromatic carbocycles. The smallest absolute Gasteiger partial charge is 0.240 e. The molecule has 160 valence electrons. The molecule has 9 heteroatoms. The average Bonchev–Trinajstić information content (AvgIpc) is 3.18. The highest BCUT2D eigenvalue weighted by Crippen LogP contribution is 2.26. The van der Waals surface area contributed by atoms with Crippen LogP contribution in [0.25, 0.3) is 11.0 Å². The number of sulfonamides is 1. The quantitative estimate of drug-likeness (QED) is 0.619. The van der Waals surface area contributed by atoms with Crippen LogP contribution in [0.2, 0.25) is 0 Å². The highest BCUT2D eigenvalue weighted by atomic mass is 32.2. The van der Waals surface area contributed by atoms with E-state index in [0.717, 1.165) is 49.0 Å². The third-order valence-corrected chi connectivity index (χ3v) is 7.01. The van der Waals surface area contributed by atoms with E-state index in [-0.39, 0.29) is 10.9 Å². The number of hydrogen-bond acceptors (Lipinski definition) is 6. The number of rotatable bonds is 7. The summed E-state index contributed by atoms with van der Waals surface area (Å²) < 4.78 is 45.9. The average molecular weight is 433 g/mol. The largest absolute Gasteiger partial charge is 0.354 e. The summed E-state index contributed by atoms with van der Waals surface area (Å²) in [6.07, 6.45) is 0.668. The first-order chi connectivity index (χ1) is 14.4. The molecule has 30 heavy (non-hydrogen) atoms. The normalized spacial score (nSPS) is 16.8. The molecule has 4 rings (SSSR count). The topological polar surface area (TPSA) is 78.7 Å².